The summed E-state index contributed by atoms with van der Waals surface area (Å²) >= 11 is 0. The van der Waals surface area contributed by atoms with Gasteiger partial charge in [-0.3, -0.25) is 0 Å². The summed E-state index contributed by atoms with van der Waals surface area (Å²) in [6.07, 6.45) is 6.57. The van der Waals surface area contributed by atoms with Crippen LogP contribution in [0.3, 0.4) is 0 Å². The molecule has 1 saturated heterocycles. The monoisotopic (exact) mass is 328 g/mol. The van der Waals surface area contributed by atoms with Crippen LogP contribution in [0.2, 0.25) is 0 Å². The minimum Gasteiger partial charge on any atom is -0.345 e. The summed E-state index contributed by atoms with van der Waals surface area (Å²) in [6.45, 7) is 4.46. The van der Waals surface area contributed by atoms with Crippen LogP contribution >= 0.6 is 0 Å². The predicted octanol–water partition coefficient (Wildman–Crippen LogP) is 4.77. The molecule has 5 aliphatic rings. The maximum absolute atomic E-state index is 6.13. The van der Waals surface area contributed by atoms with Crippen molar-refractivity contribution in [3.05, 3.63) is 35.4 Å². The van der Waals surface area contributed by atoms with Crippen LogP contribution in [-0.2, 0) is 20.3 Å². The third kappa shape index (κ3) is 1.73. The van der Waals surface area contributed by atoms with Crippen LogP contribution in [0, 0.1) is 23.7 Å². The maximum atomic E-state index is 6.13. The lowest BCUT2D eigenvalue weighted by atomic mass is 9.47. The van der Waals surface area contributed by atoms with E-state index < -0.39 is 5.79 Å². The Balaban J connectivity index is 1.60. The molecule has 0 radical (unpaired) electrons. The largest absolute Gasteiger partial charge is 0.345 e. The fraction of sp³-hybridized carbons (Fsp3) is 0.714. The third-order valence-corrected chi connectivity index (χ3v) is 7.38. The van der Waals surface area contributed by atoms with Crippen LogP contribution in [0.4, 0.5) is 0 Å². The van der Waals surface area contributed by atoms with Gasteiger partial charge in [0.05, 0.1) is 0 Å². The van der Waals surface area contributed by atoms with Crippen molar-refractivity contribution in [1.82, 2.24) is 0 Å². The summed E-state index contributed by atoms with van der Waals surface area (Å²) in [4.78, 5) is 11.9. The first kappa shape index (κ1) is 15.4. The molecule has 0 unspecified atom stereocenters. The second-order valence-corrected chi connectivity index (χ2v) is 8.87. The highest BCUT2D eigenvalue weighted by Crippen LogP contribution is 2.69. The molecule has 1 aromatic carbocycles. The topological polar surface area (TPSA) is 27.7 Å². The highest BCUT2D eigenvalue weighted by atomic mass is 17.3. The van der Waals surface area contributed by atoms with Crippen LogP contribution < -0.4 is 0 Å². The lowest BCUT2D eigenvalue weighted by molar-refractivity contribution is -0.645. The number of hydrogen-bond acceptors (Lipinski definition) is 3. The molecule has 0 N–H and O–H groups in total. The first-order valence-electron chi connectivity index (χ1n) is 9.61. The number of ether oxygens (including phenoxy) is 1. The lowest BCUT2D eigenvalue weighted by Gasteiger charge is -2.68. The van der Waals surface area contributed by atoms with E-state index in [0.717, 1.165) is 17.4 Å². The van der Waals surface area contributed by atoms with Crippen molar-refractivity contribution in [3.63, 3.8) is 0 Å². The van der Waals surface area contributed by atoms with E-state index in [0.29, 0.717) is 17.8 Å². The van der Waals surface area contributed by atoms with Gasteiger partial charge < -0.3 is 4.74 Å². The van der Waals surface area contributed by atoms with Crippen molar-refractivity contribution in [2.24, 2.45) is 23.7 Å². The first-order valence-corrected chi connectivity index (χ1v) is 9.61. The molecule has 4 bridgehead atoms. The van der Waals surface area contributed by atoms with Crippen molar-refractivity contribution >= 4 is 0 Å². The summed E-state index contributed by atoms with van der Waals surface area (Å²) in [5.74, 6) is 2.72. The summed E-state index contributed by atoms with van der Waals surface area (Å²) in [7, 11) is 1.79. The zero-order valence-corrected chi connectivity index (χ0v) is 15.0. The molecule has 4 saturated carbocycles. The van der Waals surface area contributed by atoms with E-state index in [-0.39, 0.29) is 5.60 Å². The van der Waals surface area contributed by atoms with E-state index >= 15 is 0 Å². The smallest absolute Gasteiger partial charge is 0.260 e. The van der Waals surface area contributed by atoms with Gasteiger partial charge in [-0.05, 0) is 73.3 Å². The summed E-state index contributed by atoms with van der Waals surface area (Å²) < 4.78 is 6.13. The number of benzene rings is 1. The van der Waals surface area contributed by atoms with E-state index in [1.807, 2.05) is 0 Å². The third-order valence-electron chi connectivity index (χ3n) is 7.38. The Bertz CT molecular complexity index is 620. The molecule has 5 fully saturated rings. The van der Waals surface area contributed by atoms with E-state index in [1.165, 1.54) is 37.7 Å². The average Bonchev–Trinajstić information content (AvgIpc) is 2.54. The first-order chi connectivity index (χ1) is 11.6. The van der Waals surface area contributed by atoms with Gasteiger partial charge in [0.2, 0.25) is 0 Å². The molecular weight excluding hydrogens is 300 g/mol. The average molecular weight is 328 g/mol. The highest BCUT2D eigenvalue weighted by molar-refractivity contribution is 5.34. The van der Waals surface area contributed by atoms with Crippen molar-refractivity contribution in [2.75, 3.05) is 7.11 Å². The second-order valence-electron chi connectivity index (χ2n) is 8.87. The van der Waals surface area contributed by atoms with Crippen molar-refractivity contribution < 1.29 is 14.5 Å². The van der Waals surface area contributed by atoms with Crippen molar-refractivity contribution in [2.45, 2.75) is 63.3 Å². The molecule has 1 heterocycles. The lowest BCUT2D eigenvalue weighted by Crippen LogP contribution is -2.76. The normalized spacial score (nSPS) is 45.8. The fourth-order valence-corrected chi connectivity index (χ4v) is 6.46. The summed E-state index contributed by atoms with van der Waals surface area (Å²) in [5, 5.41) is 0. The molecule has 6 rings (SSSR count). The molecular formula is C21H28O3. The quantitative estimate of drug-likeness (QED) is 0.748. The zero-order chi connectivity index (χ0) is 16.5. The minimum atomic E-state index is -0.722. The van der Waals surface area contributed by atoms with E-state index in [1.54, 1.807) is 7.11 Å². The number of methoxy groups -OCH3 is 1. The van der Waals surface area contributed by atoms with Crippen LogP contribution in [0.5, 0.6) is 0 Å². The molecule has 3 nitrogen and oxygen atoms in total. The van der Waals surface area contributed by atoms with Gasteiger partial charge in [-0.25, -0.2) is 4.89 Å². The Morgan fingerprint density at radius 3 is 2.17 bits per heavy atom. The standard InChI is InChI=1S/C21H28O3/c1-13(2)16-5-4-6-17(12-16)21(22-3)20(23-24-21)18-8-14-7-15(10-18)11-19(20)9-14/h4-6,12-15,18-19H,7-11H2,1-3H3/t14?,15?,18?,19?,20?,21-/m0/s1. The van der Waals surface area contributed by atoms with Gasteiger partial charge in [-0.1, -0.05) is 32.0 Å². The molecule has 0 amide bonds. The summed E-state index contributed by atoms with van der Waals surface area (Å²) in [5.41, 5.74) is 2.19. The van der Waals surface area contributed by atoms with Crippen LogP contribution in [-0.4, -0.2) is 12.7 Å². The molecule has 1 aromatic rings. The Kier molecular flexibility index (Phi) is 3.24. The van der Waals surface area contributed by atoms with Gasteiger partial charge in [0, 0.05) is 12.7 Å². The molecule has 24 heavy (non-hydrogen) atoms. The van der Waals surface area contributed by atoms with Gasteiger partial charge >= 0.3 is 0 Å². The molecule has 1 atom stereocenters. The Hall–Kier alpha value is -0.900. The number of hydrogen-bond donors (Lipinski definition) is 0. The van der Waals surface area contributed by atoms with E-state index in [9.17, 15) is 0 Å². The summed E-state index contributed by atoms with van der Waals surface area (Å²) in [6, 6.07) is 8.76. The molecule has 3 heteroatoms. The van der Waals surface area contributed by atoms with Crippen LogP contribution in [0.15, 0.2) is 24.3 Å². The molecule has 0 aromatic heterocycles. The van der Waals surface area contributed by atoms with Crippen LogP contribution in [0.1, 0.15) is 63.0 Å². The van der Waals surface area contributed by atoms with Gasteiger partial charge in [-0.15, -0.1) is 0 Å². The van der Waals surface area contributed by atoms with Crippen LogP contribution in [0.25, 0.3) is 0 Å². The molecule has 1 aliphatic heterocycles. The predicted molar refractivity (Wildman–Crippen MR) is 91.2 cm³/mol. The fourth-order valence-electron chi connectivity index (χ4n) is 6.46. The van der Waals surface area contributed by atoms with E-state index in [4.69, 9.17) is 14.5 Å². The molecule has 4 aliphatic carbocycles. The Morgan fingerprint density at radius 2 is 1.67 bits per heavy atom. The van der Waals surface area contributed by atoms with Crippen molar-refractivity contribution in [3.8, 4) is 0 Å². The van der Waals surface area contributed by atoms with Gasteiger partial charge in [0.1, 0.15) is 0 Å². The Labute approximate surface area is 144 Å². The molecule has 130 valence electrons. The van der Waals surface area contributed by atoms with E-state index in [2.05, 4.69) is 38.1 Å². The number of rotatable bonds is 3. The molecule has 1 spiro atoms. The second kappa shape index (κ2) is 5.06. The maximum Gasteiger partial charge on any atom is 0.260 e. The SMILES string of the molecule is CO[C@@]1(c2cccc(C(C)C)c2)OOC12C1CC3CC(C1)CC2C3. The minimum absolute atomic E-state index is 0.273. The zero-order valence-electron chi connectivity index (χ0n) is 15.0. The highest BCUT2D eigenvalue weighted by Gasteiger charge is 2.76. The van der Waals surface area contributed by atoms with Gasteiger partial charge in [-0.2, -0.15) is 4.89 Å². The van der Waals surface area contributed by atoms with Gasteiger partial charge in [0.15, 0.2) is 5.60 Å². The Morgan fingerprint density at radius 1 is 1.00 bits per heavy atom. The van der Waals surface area contributed by atoms with Gasteiger partial charge in [0.25, 0.3) is 5.79 Å². The van der Waals surface area contributed by atoms with Crippen molar-refractivity contribution in [1.29, 1.82) is 0 Å².